The zero-order valence-electron chi connectivity index (χ0n) is 22.4. The molecule has 6 rings (SSSR count). The molecule has 4 fully saturated rings. The fourth-order valence-corrected chi connectivity index (χ4v) is 7.20. The quantitative estimate of drug-likeness (QED) is 0.558. The third kappa shape index (κ3) is 4.13. The topological polar surface area (TPSA) is 93.7 Å². The Morgan fingerprint density at radius 3 is 2.63 bits per heavy atom. The Labute approximate surface area is 223 Å². The van der Waals surface area contributed by atoms with Gasteiger partial charge in [0.25, 0.3) is 11.8 Å². The second-order valence-corrected chi connectivity index (χ2v) is 11.6. The molecule has 1 aromatic carbocycles. The van der Waals surface area contributed by atoms with Gasteiger partial charge in [0.1, 0.15) is 12.6 Å². The van der Waals surface area contributed by atoms with Crippen LogP contribution in [0.1, 0.15) is 61.4 Å². The maximum Gasteiger partial charge on any atom is 0.409 e. The highest BCUT2D eigenvalue weighted by Gasteiger charge is 2.46. The molecule has 5 aliphatic heterocycles. The number of amides is 4. The van der Waals surface area contributed by atoms with E-state index in [4.69, 9.17) is 4.74 Å². The molecule has 4 amide bonds. The minimum absolute atomic E-state index is 0.161. The first-order valence-corrected chi connectivity index (χ1v) is 13.9. The van der Waals surface area contributed by atoms with E-state index >= 15 is 0 Å². The van der Waals surface area contributed by atoms with Gasteiger partial charge in [-0.15, -0.1) is 0 Å². The van der Waals surface area contributed by atoms with Crippen LogP contribution in [0.3, 0.4) is 0 Å². The number of hydrogen-bond acceptors (Lipinski definition) is 7. The molecular formula is C28H37N5O5. The number of piperidine rings is 1. The number of anilines is 1. The summed E-state index contributed by atoms with van der Waals surface area (Å²) in [6.45, 7) is 6.64. The summed E-state index contributed by atoms with van der Waals surface area (Å²) in [5.74, 6) is -0.681. The van der Waals surface area contributed by atoms with E-state index in [9.17, 15) is 19.2 Å². The van der Waals surface area contributed by atoms with E-state index in [0.717, 1.165) is 29.1 Å². The molecule has 38 heavy (non-hydrogen) atoms. The molecule has 4 saturated heterocycles. The Morgan fingerprint density at radius 1 is 1.05 bits per heavy atom. The number of rotatable bonds is 4. The van der Waals surface area contributed by atoms with Crippen molar-refractivity contribution in [2.24, 2.45) is 0 Å². The van der Waals surface area contributed by atoms with Crippen molar-refractivity contribution in [3.05, 3.63) is 29.3 Å². The fourth-order valence-electron chi connectivity index (χ4n) is 7.20. The van der Waals surface area contributed by atoms with Crippen LogP contribution in [-0.4, -0.2) is 107 Å². The first-order valence-electron chi connectivity index (χ1n) is 13.9. The van der Waals surface area contributed by atoms with Crippen molar-refractivity contribution in [3.63, 3.8) is 0 Å². The molecule has 10 nitrogen and oxygen atoms in total. The minimum atomic E-state index is -0.615. The molecule has 3 atom stereocenters. The van der Waals surface area contributed by atoms with Gasteiger partial charge in [-0.05, 0) is 57.7 Å². The third-order valence-corrected chi connectivity index (χ3v) is 9.51. The SMILES string of the molecule is CN1C(=O)CCC(N2Cc3c(cccc3N3CCN(C(=O)OCC4CCC5(C)CCCN45)CC3)C2=O)C1=O. The summed E-state index contributed by atoms with van der Waals surface area (Å²) in [5, 5.41) is 0. The maximum atomic E-state index is 13.3. The number of piperazine rings is 1. The van der Waals surface area contributed by atoms with Gasteiger partial charge in [-0.1, -0.05) is 6.07 Å². The molecule has 0 aromatic heterocycles. The van der Waals surface area contributed by atoms with E-state index in [2.05, 4.69) is 16.7 Å². The molecule has 0 N–H and O–H groups in total. The van der Waals surface area contributed by atoms with Gasteiger partial charge in [0.05, 0.1) is 0 Å². The van der Waals surface area contributed by atoms with Crippen LogP contribution in [0.5, 0.6) is 0 Å². The second kappa shape index (κ2) is 9.55. The number of ether oxygens (including phenoxy) is 1. The van der Waals surface area contributed by atoms with Crippen LogP contribution in [0.25, 0.3) is 0 Å². The highest BCUT2D eigenvalue weighted by atomic mass is 16.6. The Morgan fingerprint density at radius 2 is 1.84 bits per heavy atom. The number of likely N-dealkylation sites (N-methyl/N-ethyl adjacent to an activating group) is 1. The molecule has 0 saturated carbocycles. The maximum absolute atomic E-state index is 13.3. The molecule has 0 radical (unpaired) electrons. The first kappa shape index (κ1) is 25.2. The van der Waals surface area contributed by atoms with Crippen LogP contribution in [0.15, 0.2) is 18.2 Å². The van der Waals surface area contributed by atoms with Gasteiger partial charge in [0, 0.05) is 74.6 Å². The lowest BCUT2D eigenvalue weighted by molar-refractivity contribution is -0.150. The number of benzene rings is 1. The van der Waals surface area contributed by atoms with Crippen molar-refractivity contribution in [1.82, 2.24) is 19.6 Å². The van der Waals surface area contributed by atoms with Crippen LogP contribution in [0, 0.1) is 0 Å². The number of likely N-dealkylation sites (tertiary alicyclic amines) is 1. The van der Waals surface area contributed by atoms with Crippen molar-refractivity contribution < 1.29 is 23.9 Å². The summed E-state index contributed by atoms with van der Waals surface area (Å²) in [7, 11) is 1.48. The van der Waals surface area contributed by atoms with Crippen LogP contribution >= 0.6 is 0 Å². The summed E-state index contributed by atoms with van der Waals surface area (Å²) in [4.78, 5) is 60.1. The Balaban J connectivity index is 1.06. The standard InChI is InChI=1S/C28H37N5O5/c1-28-10-4-12-33(28)19(9-11-28)18-38-27(37)31-15-13-30(14-16-31)22-6-3-5-20-21(22)17-32(25(20)35)23-7-8-24(34)29(2)26(23)36/h3,5-6,19,23H,4,7-18H2,1-2H3. The number of fused-ring (bicyclic) bond motifs is 2. The normalized spacial score (nSPS) is 29.8. The van der Waals surface area contributed by atoms with Crippen LogP contribution in [-0.2, 0) is 20.9 Å². The number of hydrogen-bond donors (Lipinski definition) is 0. The molecule has 0 spiro atoms. The molecule has 3 unspecified atom stereocenters. The lowest BCUT2D eigenvalue weighted by Crippen LogP contribution is -2.53. The summed E-state index contributed by atoms with van der Waals surface area (Å²) in [6, 6.07) is 5.41. The van der Waals surface area contributed by atoms with Gasteiger partial charge in [-0.3, -0.25) is 24.2 Å². The zero-order valence-corrected chi connectivity index (χ0v) is 22.4. The molecule has 5 heterocycles. The fraction of sp³-hybridized carbons (Fsp3) is 0.643. The predicted octanol–water partition coefficient (Wildman–Crippen LogP) is 2.07. The van der Waals surface area contributed by atoms with Crippen molar-refractivity contribution in [2.45, 2.75) is 69.6 Å². The largest absolute Gasteiger partial charge is 0.448 e. The zero-order chi connectivity index (χ0) is 26.6. The van der Waals surface area contributed by atoms with Crippen molar-refractivity contribution in [1.29, 1.82) is 0 Å². The lowest BCUT2D eigenvalue weighted by Gasteiger charge is -2.37. The second-order valence-electron chi connectivity index (χ2n) is 11.6. The van der Waals surface area contributed by atoms with Crippen LogP contribution in [0.2, 0.25) is 0 Å². The Bertz CT molecular complexity index is 1160. The van der Waals surface area contributed by atoms with Crippen LogP contribution in [0.4, 0.5) is 10.5 Å². The van der Waals surface area contributed by atoms with Gasteiger partial charge >= 0.3 is 6.09 Å². The Kier molecular flexibility index (Phi) is 6.32. The number of nitrogens with zero attached hydrogens (tertiary/aromatic N) is 5. The summed E-state index contributed by atoms with van der Waals surface area (Å²) in [5.41, 5.74) is 2.78. The highest BCUT2D eigenvalue weighted by molar-refractivity contribution is 6.06. The average Bonchev–Trinajstić information content (AvgIpc) is 3.57. The van der Waals surface area contributed by atoms with Gasteiger partial charge in [-0.2, -0.15) is 0 Å². The summed E-state index contributed by atoms with van der Waals surface area (Å²) >= 11 is 0. The van der Waals surface area contributed by atoms with E-state index in [-0.39, 0.29) is 35.8 Å². The highest BCUT2D eigenvalue weighted by Crippen LogP contribution is 2.42. The molecule has 1 aromatic rings. The molecule has 10 heteroatoms. The molecule has 204 valence electrons. The van der Waals surface area contributed by atoms with Crippen molar-refractivity contribution in [2.75, 3.05) is 51.3 Å². The van der Waals surface area contributed by atoms with Gasteiger partial charge in [0.2, 0.25) is 5.91 Å². The average molecular weight is 524 g/mol. The predicted molar refractivity (Wildman–Crippen MR) is 140 cm³/mol. The lowest BCUT2D eigenvalue weighted by atomic mass is 9.97. The number of carbonyl (C=O) groups is 4. The number of carbonyl (C=O) groups excluding carboxylic acids is 4. The van der Waals surface area contributed by atoms with Gasteiger partial charge in [-0.25, -0.2) is 4.79 Å². The first-order chi connectivity index (χ1) is 18.3. The third-order valence-electron chi connectivity index (χ3n) is 9.51. The van der Waals surface area contributed by atoms with Crippen molar-refractivity contribution >= 4 is 29.5 Å². The van der Waals surface area contributed by atoms with E-state index < -0.39 is 6.04 Å². The smallest absolute Gasteiger partial charge is 0.409 e. The van der Waals surface area contributed by atoms with Gasteiger partial charge in [0.15, 0.2) is 0 Å². The molecule has 0 aliphatic carbocycles. The monoisotopic (exact) mass is 523 g/mol. The summed E-state index contributed by atoms with van der Waals surface area (Å²) < 4.78 is 5.77. The van der Waals surface area contributed by atoms with E-state index in [1.54, 1.807) is 9.80 Å². The number of imide groups is 1. The van der Waals surface area contributed by atoms with Crippen LogP contribution < -0.4 is 4.90 Å². The van der Waals surface area contributed by atoms with Gasteiger partial charge < -0.3 is 19.4 Å². The van der Waals surface area contributed by atoms with Crippen molar-refractivity contribution in [3.8, 4) is 0 Å². The molecule has 5 aliphatic rings. The minimum Gasteiger partial charge on any atom is -0.448 e. The summed E-state index contributed by atoms with van der Waals surface area (Å²) in [6.07, 6.45) is 5.10. The Hall–Kier alpha value is -3.14. The molecule has 0 bridgehead atoms. The van der Waals surface area contributed by atoms with E-state index in [1.165, 1.54) is 26.3 Å². The van der Waals surface area contributed by atoms with E-state index in [0.29, 0.717) is 57.4 Å². The molecular weight excluding hydrogens is 486 g/mol. The van der Waals surface area contributed by atoms with E-state index in [1.807, 2.05) is 18.2 Å².